The summed E-state index contributed by atoms with van der Waals surface area (Å²) in [6.45, 7) is 0.925. The monoisotopic (exact) mass is 455 g/mol. The maximum atomic E-state index is 12.7. The van der Waals surface area contributed by atoms with Gasteiger partial charge in [0.15, 0.2) is 5.11 Å². The largest absolute Gasteiger partial charge is 0.496 e. The van der Waals surface area contributed by atoms with Crippen LogP contribution in [0.3, 0.4) is 0 Å². The molecule has 168 valence electrons. The number of carbonyl (C=O) groups excluding carboxylic acids is 3. The Kier molecular flexibility index (Phi) is 8.15. The van der Waals surface area contributed by atoms with E-state index in [-0.39, 0.29) is 24.0 Å². The molecule has 3 rings (SSSR count). The van der Waals surface area contributed by atoms with Crippen molar-refractivity contribution in [1.29, 1.82) is 0 Å². The number of para-hydroxylation sites is 1. The summed E-state index contributed by atoms with van der Waals surface area (Å²) >= 11 is 5.39. The minimum Gasteiger partial charge on any atom is -0.496 e. The van der Waals surface area contributed by atoms with E-state index in [4.69, 9.17) is 21.7 Å². The summed E-state index contributed by atoms with van der Waals surface area (Å²) in [6.07, 6.45) is 0.409. The molecule has 32 heavy (non-hydrogen) atoms. The first-order valence-electron chi connectivity index (χ1n) is 10.2. The van der Waals surface area contributed by atoms with E-state index in [0.29, 0.717) is 30.8 Å². The van der Waals surface area contributed by atoms with E-state index < -0.39 is 17.9 Å². The quantitative estimate of drug-likeness (QED) is 0.484. The number of esters is 1. The lowest BCUT2D eigenvalue weighted by atomic mass is 10.1. The molecule has 2 N–H and O–H groups in total. The average molecular weight is 456 g/mol. The molecule has 2 aromatic rings. The number of methoxy groups -OCH3 is 1. The van der Waals surface area contributed by atoms with E-state index in [1.165, 1.54) is 7.11 Å². The topological polar surface area (TPSA) is 97.0 Å². The van der Waals surface area contributed by atoms with E-state index >= 15 is 0 Å². The van der Waals surface area contributed by atoms with E-state index in [1.54, 1.807) is 29.2 Å². The van der Waals surface area contributed by atoms with Crippen LogP contribution in [-0.4, -0.2) is 60.6 Å². The van der Waals surface area contributed by atoms with Gasteiger partial charge in [-0.25, -0.2) is 0 Å². The minimum absolute atomic E-state index is 0.0674. The van der Waals surface area contributed by atoms with Crippen molar-refractivity contribution in [1.82, 2.24) is 15.5 Å². The van der Waals surface area contributed by atoms with Crippen LogP contribution in [-0.2, 0) is 20.7 Å². The number of nitrogens with one attached hydrogen (secondary N) is 2. The Balaban J connectivity index is 1.59. The molecule has 9 heteroatoms. The standard InChI is InChI=1S/C23H25N3O5S/c1-30-19-10-6-5-9-17(19)21(28)25-23(32)26-13-12-24-22(29)18(26)15-20(27)31-14-11-16-7-3-2-4-8-16/h2-10,18H,11-15H2,1H3,(H,24,29)(H,25,28,32). The molecule has 8 nitrogen and oxygen atoms in total. The highest BCUT2D eigenvalue weighted by Gasteiger charge is 2.34. The predicted octanol–water partition coefficient (Wildman–Crippen LogP) is 1.69. The fourth-order valence-electron chi connectivity index (χ4n) is 3.37. The zero-order valence-electron chi connectivity index (χ0n) is 17.7. The van der Waals surface area contributed by atoms with Crippen LogP contribution in [0.5, 0.6) is 5.75 Å². The Morgan fingerprint density at radius 1 is 1.16 bits per heavy atom. The minimum atomic E-state index is -0.863. The molecule has 1 unspecified atom stereocenters. The molecular formula is C23H25N3O5S. The molecule has 1 heterocycles. The van der Waals surface area contributed by atoms with Gasteiger partial charge in [-0.05, 0) is 29.9 Å². The molecule has 1 aliphatic heterocycles. The van der Waals surface area contributed by atoms with Crippen LogP contribution in [0.15, 0.2) is 54.6 Å². The van der Waals surface area contributed by atoms with Crippen molar-refractivity contribution in [3.05, 3.63) is 65.7 Å². The fourth-order valence-corrected chi connectivity index (χ4v) is 3.68. The summed E-state index contributed by atoms with van der Waals surface area (Å²) in [7, 11) is 1.47. The SMILES string of the molecule is COc1ccccc1C(=O)NC(=S)N1CCNC(=O)C1CC(=O)OCCc1ccccc1. The van der Waals surface area contributed by atoms with Gasteiger partial charge in [-0.15, -0.1) is 0 Å². The number of hydrogen-bond donors (Lipinski definition) is 2. The van der Waals surface area contributed by atoms with Crippen molar-refractivity contribution in [2.75, 3.05) is 26.8 Å². The summed E-state index contributed by atoms with van der Waals surface area (Å²) in [5, 5.41) is 5.43. The van der Waals surface area contributed by atoms with E-state index in [1.807, 2.05) is 30.3 Å². The third-order valence-corrected chi connectivity index (χ3v) is 5.36. The lowest BCUT2D eigenvalue weighted by Gasteiger charge is -2.36. The molecule has 1 atom stereocenters. The van der Waals surface area contributed by atoms with Crippen molar-refractivity contribution in [2.24, 2.45) is 0 Å². The van der Waals surface area contributed by atoms with Crippen LogP contribution in [0.1, 0.15) is 22.3 Å². The average Bonchev–Trinajstić information content (AvgIpc) is 2.81. The number of piperazine rings is 1. The van der Waals surface area contributed by atoms with Crippen LogP contribution in [0.25, 0.3) is 0 Å². The molecule has 0 saturated carbocycles. The first kappa shape index (κ1) is 23.2. The van der Waals surface area contributed by atoms with Crippen LogP contribution < -0.4 is 15.4 Å². The first-order chi connectivity index (χ1) is 15.5. The summed E-state index contributed by atoms with van der Waals surface area (Å²) < 4.78 is 10.5. The zero-order valence-corrected chi connectivity index (χ0v) is 18.5. The molecule has 2 aromatic carbocycles. The van der Waals surface area contributed by atoms with Gasteiger partial charge in [0.1, 0.15) is 11.8 Å². The number of benzene rings is 2. The van der Waals surface area contributed by atoms with Gasteiger partial charge >= 0.3 is 5.97 Å². The molecular weight excluding hydrogens is 430 g/mol. The Morgan fingerprint density at radius 3 is 2.62 bits per heavy atom. The van der Waals surface area contributed by atoms with Crippen LogP contribution in [0.4, 0.5) is 0 Å². The van der Waals surface area contributed by atoms with Gasteiger partial charge in [0.05, 0.1) is 25.7 Å². The van der Waals surface area contributed by atoms with Gasteiger partial charge in [0.25, 0.3) is 5.91 Å². The number of hydrogen-bond acceptors (Lipinski definition) is 6. The van der Waals surface area contributed by atoms with Crippen molar-refractivity contribution in [3.63, 3.8) is 0 Å². The number of nitrogens with zero attached hydrogens (tertiary/aromatic N) is 1. The highest BCUT2D eigenvalue weighted by atomic mass is 32.1. The Bertz CT molecular complexity index is 983. The number of rotatable bonds is 7. The second-order valence-electron chi connectivity index (χ2n) is 7.12. The second-order valence-corrected chi connectivity index (χ2v) is 7.51. The van der Waals surface area contributed by atoms with Crippen molar-refractivity contribution in [3.8, 4) is 5.75 Å². The summed E-state index contributed by atoms with van der Waals surface area (Å²) in [5.74, 6) is -0.901. The molecule has 1 saturated heterocycles. The van der Waals surface area contributed by atoms with Gasteiger partial charge in [-0.1, -0.05) is 42.5 Å². The highest BCUT2D eigenvalue weighted by Crippen LogP contribution is 2.17. The Labute approximate surface area is 191 Å². The van der Waals surface area contributed by atoms with Gasteiger partial charge < -0.3 is 19.7 Å². The smallest absolute Gasteiger partial charge is 0.308 e. The van der Waals surface area contributed by atoms with Crippen molar-refractivity contribution < 1.29 is 23.9 Å². The van der Waals surface area contributed by atoms with Gasteiger partial charge in [0.2, 0.25) is 5.91 Å². The Morgan fingerprint density at radius 2 is 1.88 bits per heavy atom. The maximum Gasteiger partial charge on any atom is 0.308 e. The number of thiocarbonyl (C=S) groups is 1. The third kappa shape index (κ3) is 6.04. The highest BCUT2D eigenvalue weighted by molar-refractivity contribution is 7.80. The van der Waals surface area contributed by atoms with Gasteiger partial charge in [-0.2, -0.15) is 0 Å². The third-order valence-electron chi connectivity index (χ3n) is 5.02. The lowest BCUT2D eigenvalue weighted by Crippen LogP contribution is -2.60. The molecule has 0 aromatic heterocycles. The van der Waals surface area contributed by atoms with Crippen LogP contribution in [0, 0.1) is 0 Å². The molecule has 1 aliphatic rings. The Hall–Kier alpha value is -3.46. The molecule has 0 aliphatic carbocycles. The van der Waals surface area contributed by atoms with E-state index in [9.17, 15) is 14.4 Å². The molecule has 0 radical (unpaired) electrons. The van der Waals surface area contributed by atoms with Crippen molar-refractivity contribution in [2.45, 2.75) is 18.9 Å². The molecule has 1 fully saturated rings. The van der Waals surface area contributed by atoms with Crippen LogP contribution >= 0.6 is 12.2 Å². The van der Waals surface area contributed by atoms with E-state index in [2.05, 4.69) is 10.6 Å². The fraction of sp³-hybridized carbons (Fsp3) is 0.304. The normalized spacial score (nSPS) is 15.5. The summed E-state index contributed by atoms with van der Waals surface area (Å²) in [6, 6.07) is 15.5. The number of carbonyl (C=O) groups is 3. The van der Waals surface area contributed by atoms with Crippen molar-refractivity contribution >= 4 is 35.1 Å². The summed E-state index contributed by atoms with van der Waals surface area (Å²) in [4.78, 5) is 39.0. The molecule has 0 bridgehead atoms. The molecule has 2 amide bonds. The first-order valence-corrected chi connectivity index (χ1v) is 10.6. The molecule has 0 spiro atoms. The van der Waals surface area contributed by atoms with Gasteiger partial charge in [-0.3, -0.25) is 19.7 Å². The number of ether oxygens (including phenoxy) is 2. The second kappa shape index (κ2) is 11.2. The zero-order chi connectivity index (χ0) is 22.9. The van der Waals surface area contributed by atoms with E-state index in [0.717, 1.165) is 5.56 Å². The predicted molar refractivity (Wildman–Crippen MR) is 122 cm³/mol. The lowest BCUT2D eigenvalue weighted by molar-refractivity contribution is -0.147. The van der Waals surface area contributed by atoms with Gasteiger partial charge in [0, 0.05) is 19.5 Å². The summed E-state index contributed by atoms with van der Waals surface area (Å²) in [5.41, 5.74) is 1.37. The van der Waals surface area contributed by atoms with Crippen LogP contribution in [0.2, 0.25) is 0 Å². The number of amides is 2. The maximum absolute atomic E-state index is 12.7.